The number of ether oxygens (including phenoxy) is 1. The Morgan fingerprint density at radius 2 is 2.03 bits per heavy atom. The predicted octanol–water partition coefficient (Wildman–Crippen LogP) is 1.50. The molecule has 3 heterocycles. The summed E-state index contributed by atoms with van der Waals surface area (Å²) in [5.74, 6) is 0.585. The zero-order valence-corrected chi connectivity index (χ0v) is 17.0. The molecule has 1 atom stereocenters. The van der Waals surface area contributed by atoms with Crippen molar-refractivity contribution in [1.29, 1.82) is 0 Å². The number of hydrogen-bond acceptors (Lipinski definition) is 7. The van der Waals surface area contributed by atoms with Crippen LogP contribution < -0.4 is 4.90 Å². The topological polar surface area (TPSA) is 93.4 Å². The maximum atomic E-state index is 12.5. The SMILES string of the molecule is CCOC(=O)c1cnc(N2CCN(C(=O)C3CC3)[C@H](C)C2)nc1-c1cnn(C)c1. The van der Waals surface area contributed by atoms with E-state index < -0.39 is 5.97 Å². The number of esters is 1. The van der Waals surface area contributed by atoms with Gasteiger partial charge in [-0.3, -0.25) is 9.48 Å². The van der Waals surface area contributed by atoms with Gasteiger partial charge in [0.2, 0.25) is 11.9 Å². The fourth-order valence-corrected chi connectivity index (χ4v) is 3.68. The van der Waals surface area contributed by atoms with Gasteiger partial charge in [-0.2, -0.15) is 5.10 Å². The van der Waals surface area contributed by atoms with Crippen LogP contribution in [0.1, 0.15) is 37.0 Å². The highest BCUT2D eigenvalue weighted by Gasteiger charge is 2.37. The molecule has 0 aromatic carbocycles. The van der Waals surface area contributed by atoms with E-state index in [1.54, 1.807) is 17.8 Å². The van der Waals surface area contributed by atoms with Crippen molar-refractivity contribution in [2.45, 2.75) is 32.7 Å². The van der Waals surface area contributed by atoms with Crippen molar-refractivity contribution < 1.29 is 14.3 Å². The molecule has 1 aliphatic carbocycles. The second kappa shape index (κ2) is 7.81. The fourth-order valence-electron chi connectivity index (χ4n) is 3.68. The summed E-state index contributed by atoms with van der Waals surface area (Å²) in [6.45, 7) is 6.07. The van der Waals surface area contributed by atoms with Crippen LogP contribution in [0.2, 0.25) is 0 Å². The summed E-state index contributed by atoms with van der Waals surface area (Å²) < 4.78 is 6.83. The Balaban J connectivity index is 1.59. The van der Waals surface area contributed by atoms with Crippen LogP contribution in [0.15, 0.2) is 18.6 Å². The largest absolute Gasteiger partial charge is 0.462 e. The molecule has 0 N–H and O–H groups in total. The standard InChI is InChI=1S/C20H26N6O3/c1-4-29-19(28)16-10-21-20(23-17(16)15-9-22-24(3)12-15)25-7-8-26(13(2)11-25)18(27)14-5-6-14/h9-10,12-14H,4-8,11H2,1-3H3/t13-/m1/s1. The van der Waals surface area contributed by atoms with Gasteiger partial charge in [0.15, 0.2) is 0 Å². The van der Waals surface area contributed by atoms with Crippen molar-refractivity contribution in [1.82, 2.24) is 24.6 Å². The molecule has 4 rings (SSSR count). The van der Waals surface area contributed by atoms with E-state index in [0.717, 1.165) is 18.4 Å². The second-order valence-corrected chi connectivity index (χ2v) is 7.66. The third-order valence-electron chi connectivity index (χ3n) is 5.37. The number of carbonyl (C=O) groups is 2. The Morgan fingerprint density at radius 3 is 2.66 bits per heavy atom. The van der Waals surface area contributed by atoms with Gasteiger partial charge in [0.25, 0.3) is 0 Å². The Hall–Kier alpha value is -2.97. The summed E-state index contributed by atoms with van der Waals surface area (Å²) in [4.78, 5) is 38.0. The minimum Gasteiger partial charge on any atom is -0.462 e. The van der Waals surface area contributed by atoms with E-state index in [1.807, 2.05) is 18.1 Å². The van der Waals surface area contributed by atoms with Crippen molar-refractivity contribution in [3.63, 3.8) is 0 Å². The molecule has 1 amide bonds. The zero-order chi connectivity index (χ0) is 20.5. The monoisotopic (exact) mass is 398 g/mol. The summed E-state index contributed by atoms with van der Waals surface area (Å²) in [5.41, 5.74) is 1.56. The number of carbonyl (C=O) groups excluding carboxylic acids is 2. The molecular weight excluding hydrogens is 372 g/mol. The number of anilines is 1. The van der Waals surface area contributed by atoms with E-state index in [9.17, 15) is 9.59 Å². The van der Waals surface area contributed by atoms with E-state index in [0.29, 0.717) is 36.8 Å². The second-order valence-electron chi connectivity index (χ2n) is 7.66. The number of nitrogens with zero attached hydrogens (tertiary/aromatic N) is 6. The summed E-state index contributed by atoms with van der Waals surface area (Å²) in [6, 6.07) is 0.0898. The minimum atomic E-state index is -0.453. The molecule has 154 valence electrons. The molecule has 2 aromatic rings. The molecule has 1 saturated carbocycles. The minimum absolute atomic E-state index is 0.0898. The molecule has 0 bridgehead atoms. The van der Waals surface area contributed by atoms with Gasteiger partial charge in [0.1, 0.15) is 5.56 Å². The van der Waals surface area contributed by atoms with E-state index in [2.05, 4.69) is 21.9 Å². The molecule has 1 aliphatic heterocycles. The molecule has 9 nitrogen and oxygen atoms in total. The molecule has 2 fully saturated rings. The van der Waals surface area contributed by atoms with Crippen LogP contribution in [0.5, 0.6) is 0 Å². The molecule has 0 radical (unpaired) electrons. The van der Waals surface area contributed by atoms with Crippen molar-refractivity contribution >= 4 is 17.8 Å². The molecule has 0 spiro atoms. The van der Waals surface area contributed by atoms with Gasteiger partial charge in [-0.05, 0) is 26.7 Å². The average Bonchev–Trinajstić information content (AvgIpc) is 3.48. The Labute approximate surface area is 169 Å². The Morgan fingerprint density at radius 1 is 1.24 bits per heavy atom. The van der Waals surface area contributed by atoms with Gasteiger partial charge in [-0.1, -0.05) is 0 Å². The van der Waals surface area contributed by atoms with Crippen LogP contribution in [0.25, 0.3) is 11.3 Å². The highest BCUT2D eigenvalue weighted by Crippen LogP contribution is 2.32. The first kappa shape index (κ1) is 19.4. The zero-order valence-electron chi connectivity index (χ0n) is 17.0. The maximum Gasteiger partial charge on any atom is 0.341 e. The molecule has 9 heteroatoms. The van der Waals surface area contributed by atoms with E-state index in [1.165, 1.54) is 6.20 Å². The van der Waals surface area contributed by atoms with Crippen molar-refractivity contribution in [2.24, 2.45) is 13.0 Å². The number of hydrogen-bond donors (Lipinski definition) is 0. The van der Waals surface area contributed by atoms with Gasteiger partial charge in [0.05, 0.1) is 18.5 Å². The lowest BCUT2D eigenvalue weighted by Crippen LogP contribution is -2.55. The lowest BCUT2D eigenvalue weighted by atomic mass is 10.1. The third-order valence-corrected chi connectivity index (χ3v) is 5.37. The van der Waals surface area contributed by atoms with Crippen molar-refractivity contribution in [3.8, 4) is 11.3 Å². The third kappa shape index (κ3) is 3.94. The van der Waals surface area contributed by atoms with Gasteiger partial charge in [-0.25, -0.2) is 14.8 Å². The first-order valence-electron chi connectivity index (χ1n) is 10.1. The van der Waals surface area contributed by atoms with Gasteiger partial charge in [0, 0.05) is 56.6 Å². The van der Waals surface area contributed by atoms with E-state index in [-0.39, 0.29) is 24.5 Å². The lowest BCUT2D eigenvalue weighted by Gasteiger charge is -2.40. The van der Waals surface area contributed by atoms with Crippen molar-refractivity contribution in [3.05, 3.63) is 24.2 Å². The fraction of sp³-hybridized carbons (Fsp3) is 0.550. The van der Waals surface area contributed by atoms with Crippen molar-refractivity contribution in [2.75, 3.05) is 31.1 Å². The van der Waals surface area contributed by atoms with Crippen LogP contribution in [0.4, 0.5) is 5.95 Å². The highest BCUT2D eigenvalue weighted by atomic mass is 16.5. The molecule has 29 heavy (non-hydrogen) atoms. The normalized spacial score (nSPS) is 19.3. The van der Waals surface area contributed by atoms with Crippen LogP contribution in [-0.4, -0.2) is 68.8 Å². The Kier molecular flexibility index (Phi) is 5.21. The first-order valence-corrected chi connectivity index (χ1v) is 10.1. The molecule has 0 unspecified atom stereocenters. The molecular formula is C20H26N6O3. The summed E-state index contributed by atoms with van der Waals surface area (Å²) >= 11 is 0. The lowest BCUT2D eigenvalue weighted by molar-refractivity contribution is -0.134. The number of rotatable bonds is 5. The molecule has 1 saturated heterocycles. The van der Waals surface area contributed by atoms with Gasteiger partial charge in [-0.15, -0.1) is 0 Å². The maximum absolute atomic E-state index is 12.5. The van der Waals surface area contributed by atoms with E-state index >= 15 is 0 Å². The predicted molar refractivity (Wildman–Crippen MR) is 106 cm³/mol. The highest BCUT2D eigenvalue weighted by molar-refractivity contribution is 5.96. The van der Waals surface area contributed by atoms with Crippen LogP contribution >= 0.6 is 0 Å². The first-order chi connectivity index (χ1) is 14.0. The van der Waals surface area contributed by atoms with Crippen LogP contribution in [0.3, 0.4) is 0 Å². The number of aromatic nitrogens is 4. The molecule has 2 aliphatic rings. The smallest absolute Gasteiger partial charge is 0.341 e. The molecule has 2 aromatic heterocycles. The van der Waals surface area contributed by atoms with Gasteiger partial charge < -0.3 is 14.5 Å². The van der Waals surface area contributed by atoms with Crippen LogP contribution in [-0.2, 0) is 16.6 Å². The number of piperazine rings is 1. The van der Waals surface area contributed by atoms with Crippen LogP contribution in [0, 0.1) is 5.92 Å². The average molecular weight is 398 g/mol. The summed E-state index contributed by atoms with van der Waals surface area (Å²) in [7, 11) is 1.81. The number of amides is 1. The quantitative estimate of drug-likeness (QED) is 0.705. The van der Waals surface area contributed by atoms with E-state index in [4.69, 9.17) is 9.72 Å². The Bertz CT molecular complexity index is 923. The summed E-state index contributed by atoms with van der Waals surface area (Å²) in [6.07, 6.45) is 7.03. The van der Waals surface area contributed by atoms with Gasteiger partial charge >= 0.3 is 5.97 Å². The number of aryl methyl sites for hydroxylation is 1. The summed E-state index contributed by atoms with van der Waals surface area (Å²) in [5, 5.41) is 4.19.